The summed E-state index contributed by atoms with van der Waals surface area (Å²) < 4.78 is 5.50. The van der Waals surface area contributed by atoms with Crippen LogP contribution in [0.5, 0.6) is 0 Å². The number of aryl methyl sites for hydroxylation is 2. The van der Waals surface area contributed by atoms with Gasteiger partial charge in [-0.05, 0) is 49.2 Å². The van der Waals surface area contributed by atoms with Gasteiger partial charge >= 0.3 is 0 Å². The lowest BCUT2D eigenvalue weighted by Crippen LogP contribution is -2.31. The van der Waals surface area contributed by atoms with Gasteiger partial charge in [0.1, 0.15) is 11.8 Å². The van der Waals surface area contributed by atoms with E-state index in [1.165, 1.54) is 11.2 Å². The number of nitrogens with zero attached hydrogens (tertiary/aromatic N) is 1. The van der Waals surface area contributed by atoms with E-state index in [1.807, 2.05) is 32.0 Å². The van der Waals surface area contributed by atoms with Crippen LogP contribution in [0, 0.1) is 19.8 Å². The van der Waals surface area contributed by atoms with Gasteiger partial charge in [-0.2, -0.15) is 0 Å². The van der Waals surface area contributed by atoms with Crippen LogP contribution in [-0.2, 0) is 9.59 Å². The van der Waals surface area contributed by atoms with Crippen LogP contribution in [0.2, 0.25) is 0 Å². The predicted molar refractivity (Wildman–Crippen MR) is 94.4 cm³/mol. The number of carbonyl (C=O) groups is 2. The normalized spacial score (nSPS) is 17.7. The molecular weight excluding hydrogens is 318 g/mol. The minimum Gasteiger partial charge on any atom is -0.503 e. The first-order chi connectivity index (χ1) is 11.8. The number of Topliss-reactive ketones (excluding diaryl/α,β-unsaturated/α-hetero) is 1. The summed E-state index contributed by atoms with van der Waals surface area (Å²) in [4.78, 5) is 26.9. The third-order valence-corrected chi connectivity index (χ3v) is 4.30. The van der Waals surface area contributed by atoms with Crippen LogP contribution in [-0.4, -0.2) is 16.8 Å². The standard InChI is InChI=1S/C20H21NO4/c1-11(2)18(22)16-17(15-6-5-7-25-15)21(20(24)19(16)23)14-9-12(3)8-13(4)10-14/h5-11,17,23H,1-4H3. The van der Waals surface area contributed by atoms with Gasteiger partial charge in [0.25, 0.3) is 5.91 Å². The number of aliphatic hydroxyl groups is 1. The molecule has 1 atom stereocenters. The van der Waals surface area contributed by atoms with Crippen molar-refractivity contribution in [1.82, 2.24) is 0 Å². The largest absolute Gasteiger partial charge is 0.503 e. The Bertz CT molecular complexity index is 842. The molecule has 2 aromatic rings. The van der Waals surface area contributed by atoms with E-state index in [2.05, 4.69) is 0 Å². The molecule has 3 rings (SSSR count). The van der Waals surface area contributed by atoms with Crippen LogP contribution in [0.3, 0.4) is 0 Å². The summed E-state index contributed by atoms with van der Waals surface area (Å²) in [5.41, 5.74) is 2.70. The van der Waals surface area contributed by atoms with E-state index < -0.39 is 17.7 Å². The third kappa shape index (κ3) is 2.86. The average Bonchev–Trinajstić information content (AvgIpc) is 3.13. The van der Waals surface area contributed by atoms with E-state index in [9.17, 15) is 14.7 Å². The topological polar surface area (TPSA) is 70.8 Å². The van der Waals surface area contributed by atoms with Crippen molar-refractivity contribution < 1.29 is 19.1 Å². The summed E-state index contributed by atoms with van der Waals surface area (Å²) >= 11 is 0. The maximum atomic E-state index is 12.8. The monoisotopic (exact) mass is 339 g/mol. The molecule has 0 saturated carbocycles. The van der Waals surface area contributed by atoms with Gasteiger partial charge in [0.2, 0.25) is 0 Å². The maximum absolute atomic E-state index is 12.8. The molecule has 0 aliphatic carbocycles. The van der Waals surface area contributed by atoms with Crippen LogP contribution < -0.4 is 4.90 Å². The molecule has 0 radical (unpaired) electrons. The quantitative estimate of drug-likeness (QED) is 0.913. The zero-order chi connectivity index (χ0) is 18.3. The van der Waals surface area contributed by atoms with E-state index in [1.54, 1.807) is 26.0 Å². The summed E-state index contributed by atoms with van der Waals surface area (Å²) in [5, 5.41) is 10.4. The molecule has 0 spiro atoms. The lowest BCUT2D eigenvalue weighted by molar-refractivity contribution is -0.119. The number of aliphatic hydroxyl groups excluding tert-OH is 1. The van der Waals surface area contributed by atoms with Crippen molar-refractivity contribution in [1.29, 1.82) is 0 Å². The second kappa shape index (κ2) is 6.24. The number of benzene rings is 1. The fourth-order valence-corrected chi connectivity index (χ4v) is 3.24. The number of hydrogen-bond donors (Lipinski definition) is 1. The first-order valence-electron chi connectivity index (χ1n) is 8.24. The van der Waals surface area contributed by atoms with Crippen LogP contribution in [0.15, 0.2) is 52.3 Å². The van der Waals surface area contributed by atoms with Crippen molar-refractivity contribution in [3.05, 3.63) is 64.8 Å². The molecule has 130 valence electrons. The molecule has 25 heavy (non-hydrogen) atoms. The summed E-state index contributed by atoms with van der Waals surface area (Å²) in [6.07, 6.45) is 1.49. The molecular formula is C20H21NO4. The minimum absolute atomic E-state index is 0.0918. The maximum Gasteiger partial charge on any atom is 0.294 e. The zero-order valence-corrected chi connectivity index (χ0v) is 14.7. The highest BCUT2D eigenvalue weighted by molar-refractivity contribution is 6.16. The van der Waals surface area contributed by atoms with Crippen molar-refractivity contribution in [3.8, 4) is 0 Å². The van der Waals surface area contributed by atoms with Crippen molar-refractivity contribution in [3.63, 3.8) is 0 Å². The number of anilines is 1. The molecule has 1 aliphatic rings. The first-order valence-corrected chi connectivity index (χ1v) is 8.24. The fourth-order valence-electron chi connectivity index (χ4n) is 3.24. The molecule has 5 nitrogen and oxygen atoms in total. The van der Waals surface area contributed by atoms with Gasteiger partial charge in [-0.25, -0.2) is 0 Å². The Balaban J connectivity index is 2.19. The van der Waals surface area contributed by atoms with Gasteiger partial charge < -0.3 is 9.52 Å². The fraction of sp³-hybridized carbons (Fsp3) is 0.300. The van der Waals surface area contributed by atoms with E-state index >= 15 is 0 Å². The molecule has 1 aromatic heterocycles. The molecule has 2 heterocycles. The minimum atomic E-state index is -0.765. The molecule has 5 heteroatoms. The van der Waals surface area contributed by atoms with Gasteiger partial charge in [-0.3, -0.25) is 14.5 Å². The second-order valence-corrected chi connectivity index (χ2v) is 6.72. The van der Waals surface area contributed by atoms with Crippen LogP contribution in [0.25, 0.3) is 0 Å². The smallest absolute Gasteiger partial charge is 0.294 e. The molecule has 0 saturated heterocycles. The Kier molecular flexibility index (Phi) is 4.25. The van der Waals surface area contributed by atoms with Crippen LogP contribution >= 0.6 is 0 Å². The van der Waals surface area contributed by atoms with Gasteiger partial charge in [-0.1, -0.05) is 19.9 Å². The highest BCUT2D eigenvalue weighted by atomic mass is 16.3. The molecule has 1 aromatic carbocycles. The number of rotatable bonds is 4. The van der Waals surface area contributed by atoms with Gasteiger partial charge in [0, 0.05) is 11.6 Å². The van der Waals surface area contributed by atoms with Crippen LogP contribution in [0.1, 0.15) is 36.8 Å². The number of ketones is 1. The highest BCUT2D eigenvalue weighted by Crippen LogP contribution is 2.42. The lowest BCUT2D eigenvalue weighted by Gasteiger charge is -2.26. The first kappa shape index (κ1) is 17.0. The highest BCUT2D eigenvalue weighted by Gasteiger charge is 2.46. The average molecular weight is 339 g/mol. The Morgan fingerprint density at radius 3 is 2.36 bits per heavy atom. The summed E-state index contributed by atoms with van der Waals surface area (Å²) in [5.74, 6) is -1.25. The van der Waals surface area contributed by atoms with Gasteiger partial charge in [-0.15, -0.1) is 0 Å². The van der Waals surface area contributed by atoms with Gasteiger partial charge in [0.05, 0.1) is 11.8 Å². The Morgan fingerprint density at radius 2 is 1.84 bits per heavy atom. The van der Waals surface area contributed by atoms with E-state index in [0.717, 1.165) is 11.1 Å². The van der Waals surface area contributed by atoms with E-state index in [-0.39, 0.29) is 17.3 Å². The van der Waals surface area contributed by atoms with Gasteiger partial charge in [0.15, 0.2) is 11.5 Å². The second-order valence-electron chi connectivity index (χ2n) is 6.72. The number of carbonyl (C=O) groups excluding carboxylic acids is 2. The van der Waals surface area contributed by atoms with Crippen molar-refractivity contribution in [2.45, 2.75) is 33.7 Å². The summed E-state index contributed by atoms with van der Waals surface area (Å²) in [6, 6.07) is 8.36. The number of furan rings is 1. The number of amides is 1. The molecule has 1 N–H and O–H groups in total. The third-order valence-electron chi connectivity index (χ3n) is 4.30. The SMILES string of the molecule is Cc1cc(C)cc(N2C(=O)C(O)=C(C(=O)C(C)C)C2c2ccco2)c1. The summed E-state index contributed by atoms with van der Waals surface area (Å²) in [6.45, 7) is 7.36. The Morgan fingerprint density at radius 1 is 1.20 bits per heavy atom. The van der Waals surface area contributed by atoms with Crippen LogP contribution in [0.4, 0.5) is 5.69 Å². The predicted octanol–water partition coefficient (Wildman–Crippen LogP) is 4.02. The molecule has 1 amide bonds. The van der Waals surface area contributed by atoms with E-state index in [0.29, 0.717) is 11.4 Å². The lowest BCUT2D eigenvalue weighted by atomic mass is 9.94. The Labute approximate surface area is 146 Å². The molecule has 1 unspecified atom stereocenters. The van der Waals surface area contributed by atoms with Crippen molar-refractivity contribution in [2.75, 3.05) is 4.90 Å². The van der Waals surface area contributed by atoms with Crippen molar-refractivity contribution in [2.24, 2.45) is 5.92 Å². The zero-order valence-electron chi connectivity index (χ0n) is 14.7. The molecule has 1 aliphatic heterocycles. The Hall–Kier alpha value is -2.82. The van der Waals surface area contributed by atoms with E-state index in [4.69, 9.17) is 4.42 Å². The summed E-state index contributed by atoms with van der Waals surface area (Å²) in [7, 11) is 0. The van der Waals surface area contributed by atoms with Crippen molar-refractivity contribution >= 4 is 17.4 Å². The number of hydrogen-bond acceptors (Lipinski definition) is 4. The molecule has 0 bridgehead atoms. The molecule has 0 fully saturated rings.